The van der Waals surface area contributed by atoms with E-state index in [4.69, 9.17) is 20.3 Å². The summed E-state index contributed by atoms with van der Waals surface area (Å²) in [6, 6.07) is 11.9. The van der Waals surface area contributed by atoms with Crippen molar-refractivity contribution in [1.29, 1.82) is 5.41 Å². The van der Waals surface area contributed by atoms with Crippen LogP contribution < -0.4 is 11.1 Å². The number of fused-ring (bicyclic) bond motifs is 2. The molecule has 0 bridgehead atoms. The summed E-state index contributed by atoms with van der Waals surface area (Å²) >= 11 is 6.95. The van der Waals surface area contributed by atoms with Crippen molar-refractivity contribution >= 4 is 54.5 Å². The molecule has 2 aromatic rings. The molecular formula is C24H20Br2N2O4. The highest BCUT2D eigenvalue weighted by molar-refractivity contribution is 9.11. The third-order valence-corrected chi connectivity index (χ3v) is 6.82. The lowest BCUT2D eigenvalue weighted by atomic mass is 9.90. The molecule has 6 nitrogen and oxygen atoms in total. The topological polar surface area (TPSA) is 110 Å². The van der Waals surface area contributed by atoms with Crippen LogP contribution >= 0.6 is 31.9 Å². The molecule has 0 saturated carbocycles. The summed E-state index contributed by atoms with van der Waals surface area (Å²) in [5.41, 5.74) is 8.96. The maximum absolute atomic E-state index is 13.0. The van der Waals surface area contributed by atoms with Crippen molar-refractivity contribution in [2.75, 3.05) is 12.3 Å². The van der Waals surface area contributed by atoms with E-state index in [1.165, 1.54) is 6.07 Å². The second-order valence-corrected chi connectivity index (χ2v) is 8.90. The van der Waals surface area contributed by atoms with Crippen LogP contribution in [0.1, 0.15) is 30.1 Å². The lowest BCUT2D eigenvalue weighted by molar-refractivity contribution is 0.0497. The Kier molecular flexibility index (Phi) is 6.26. The van der Waals surface area contributed by atoms with Gasteiger partial charge in [0, 0.05) is 27.8 Å². The lowest BCUT2D eigenvalue weighted by Gasteiger charge is -2.19. The van der Waals surface area contributed by atoms with Gasteiger partial charge in [0.05, 0.1) is 20.9 Å². The Morgan fingerprint density at radius 1 is 1.12 bits per heavy atom. The number of anilines is 1. The zero-order valence-electron chi connectivity index (χ0n) is 17.2. The number of benzene rings is 3. The van der Waals surface area contributed by atoms with Gasteiger partial charge in [0.15, 0.2) is 11.3 Å². The Bertz CT molecular complexity index is 1380. The fourth-order valence-electron chi connectivity index (χ4n) is 3.60. The number of rotatable bonds is 5. The van der Waals surface area contributed by atoms with Crippen molar-refractivity contribution in [2.24, 2.45) is 0 Å². The highest BCUT2D eigenvalue weighted by Gasteiger charge is 2.26. The fraction of sp³-hybridized carbons (Fsp3) is 0.167. The molecule has 1 heterocycles. The summed E-state index contributed by atoms with van der Waals surface area (Å²) in [6.45, 7) is 2.28. The molecule has 0 aromatic heterocycles. The molecule has 0 saturated heterocycles. The van der Waals surface area contributed by atoms with E-state index < -0.39 is 5.97 Å². The van der Waals surface area contributed by atoms with Crippen LogP contribution in [0.25, 0.3) is 33.4 Å². The van der Waals surface area contributed by atoms with E-state index in [2.05, 4.69) is 31.9 Å². The minimum Gasteiger partial charge on any atom is -0.507 e. The Morgan fingerprint density at radius 2 is 1.91 bits per heavy atom. The summed E-state index contributed by atoms with van der Waals surface area (Å²) in [6.07, 6.45) is 1.62. The van der Waals surface area contributed by atoms with Crippen LogP contribution in [0.15, 0.2) is 55.8 Å². The highest BCUT2D eigenvalue weighted by atomic mass is 79.9. The minimum absolute atomic E-state index is 0.0800. The first-order chi connectivity index (χ1) is 15.3. The number of esters is 1. The molecule has 1 aliphatic carbocycles. The van der Waals surface area contributed by atoms with Crippen molar-refractivity contribution in [2.45, 2.75) is 19.8 Å². The van der Waals surface area contributed by atoms with Gasteiger partial charge in [-0.15, -0.1) is 0 Å². The Morgan fingerprint density at radius 3 is 2.66 bits per heavy atom. The number of nitrogen functional groups attached to an aromatic ring is 1. The first-order valence-corrected chi connectivity index (χ1v) is 11.6. The van der Waals surface area contributed by atoms with E-state index in [1.807, 2.05) is 13.0 Å². The molecule has 2 aliphatic rings. The summed E-state index contributed by atoms with van der Waals surface area (Å²) < 4.78 is 12.6. The standard InChI is InChI=1S/C24H20Br2N2O4/c1-2-3-11-31-24(30)19-12(5-4-6-17(19)29)18-13-7-9-15(27)20(25)22(13)32-23-14(18)8-10-16(28)21(23)26/h4-10,27,29H,2-3,11,28H2,1H3. The number of ether oxygens (including phenoxy) is 1. The molecule has 4 rings (SSSR count). The average molecular weight is 560 g/mol. The summed E-state index contributed by atoms with van der Waals surface area (Å²) in [7, 11) is 0. The monoisotopic (exact) mass is 558 g/mol. The molecular weight excluding hydrogens is 540 g/mol. The number of unbranched alkanes of at least 4 members (excludes halogenated alkanes) is 1. The zero-order chi connectivity index (χ0) is 23.0. The number of halogens is 2. The average Bonchev–Trinajstić information content (AvgIpc) is 2.78. The maximum Gasteiger partial charge on any atom is 0.342 e. The molecule has 2 aromatic carbocycles. The van der Waals surface area contributed by atoms with Crippen LogP contribution in [0.2, 0.25) is 0 Å². The maximum atomic E-state index is 13.0. The number of carbonyl (C=O) groups excluding carboxylic acids is 1. The van der Waals surface area contributed by atoms with Crippen molar-refractivity contribution < 1.29 is 19.1 Å². The second kappa shape index (κ2) is 8.96. The molecule has 0 unspecified atom stereocenters. The molecule has 0 amide bonds. The SMILES string of the molecule is CCCCOC(=O)c1c(O)cccc1-c1c2ccc(=N)c(Br)c-2oc2c(Br)c(N)ccc12. The second-order valence-electron chi connectivity index (χ2n) is 7.32. The molecule has 0 radical (unpaired) electrons. The third-order valence-electron chi connectivity index (χ3n) is 5.21. The molecule has 1 aliphatic heterocycles. The first-order valence-electron chi connectivity index (χ1n) is 10.0. The number of nitrogens with one attached hydrogen (secondary N) is 1. The highest BCUT2D eigenvalue weighted by Crippen LogP contribution is 2.46. The number of carbonyl (C=O) groups is 1. The van der Waals surface area contributed by atoms with Crippen LogP contribution in [0.4, 0.5) is 5.69 Å². The fourth-order valence-corrected chi connectivity index (χ4v) is 4.46. The molecule has 0 spiro atoms. The summed E-state index contributed by atoms with van der Waals surface area (Å²) in [4.78, 5) is 13.0. The van der Waals surface area contributed by atoms with Crippen molar-refractivity contribution in [1.82, 2.24) is 0 Å². The Balaban J connectivity index is 2.10. The van der Waals surface area contributed by atoms with Gasteiger partial charge < -0.3 is 20.0 Å². The van der Waals surface area contributed by atoms with Gasteiger partial charge in [-0.3, -0.25) is 5.41 Å². The predicted octanol–water partition coefficient (Wildman–Crippen LogP) is 6.45. The number of hydrogen-bond donors (Lipinski definition) is 3. The van der Waals surface area contributed by atoms with E-state index >= 15 is 0 Å². The van der Waals surface area contributed by atoms with Gasteiger partial charge in [-0.25, -0.2) is 4.79 Å². The summed E-state index contributed by atoms with van der Waals surface area (Å²) in [5, 5.41) is 19.7. The lowest BCUT2D eigenvalue weighted by Crippen LogP contribution is -2.10. The quantitative estimate of drug-likeness (QED) is 0.113. The van der Waals surface area contributed by atoms with Crippen LogP contribution in [0, 0.1) is 5.41 Å². The molecule has 4 N–H and O–H groups in total. The number of hydrogen-bond acceptors (Lipinski definition) is 6. The number of phenolic OH excluding ortho intramolecular Hbond substituents is 1. The minimum atomic E-state index is -0.598. The van der Waals surface area contributed by atoms with E-state index in [0.717, 1.165) is 12.8 Å². The van der Waals surface area contributed by atoms with Crippen LogP contribution in [0.3, 0.4) is 0 Å². The van der Waals surface area contributed by atoms with Gasteiger partial charge in [-0.2, -0.15) is 0 Å². The van der Waals surface area contributed by atoms with Gasteiger partial charge in [-0.05, 0) is 68.6 Å². The largest absolute Gasteiger partial charge is 0.507 e. The number of aromatic hydroxyl groups is 1. The first kappa shape index (κ1) is 22.4. The number of phenols is 1. The van der Waals surface area contributed by atoms with Gasteiger partial charge in [0.25, 0.3) is 0 Å². The molecule has 0 fully saturated rings. The van der Waals surface area contributed by atoms with Gasteiger partial charge >= 0.3 is 5.97 Å². The van der Waals surface area contributed by atoms with Gasteiger partial charge in [0.2, 0.25) is 0 Å². The smallest absolute Gasteiger partial charge is 0.342 e. The van der Waals surface area contributed by atoms with E-state index in [9.17, 15) is 9.90 Å². The normalized spacial score (nSPS) is 11.2. The van der Waals surface area contributed by atoms with Crippen molar-refractivity contribution in [3.8, 4) is 28.2 Å². The van der Waals surface area contributed by atoms with Crippen molar-refractivity contribution in [3.05, 3.63) is 62.3 Å². The molecule has 0 atom stereocenters. The van der Waals surface area contributed by atoms with Crippen LogP contribution in [0.5, 0.6) is 5.75 Å². The number of nitrogens with two attached hydrogens (primary N) is 1. The van der Waals surface area contributed by atoms with E-state index in [1.54, 1.807) is 30.3 Å². The zero-order valence-corrected chi connectivity index (χ0v) is 20.3. The Labute approximate surface area is 201 Å². The van der Waals surface area contributed by atoms with Crippen molar-refractivity contribution in [3.63, 3.8) is 0 Å². The van der Waals surface area contributed by atoms with Gasteiger partial charge in [0.1, 0.15) is 11.3 Å². The van der Waals surface area contributed by atoms with E-state index in [-0.39, 0.29) is 23.3 Å². The third kappa shape index (κ3) is 3.78. The Hall–Kier alpha value is -2.84. The molecule has 32 heavy (non-hydrogen) atoms. The van der Waals surface area contributed by atoms with E-state index in [0.29, 0.717) is 48.1 Å². The summed E-state index contributed by atoms with van der Waals surface area (Å²) in [5.74, 6) is -0.337. The predicted molar refractivity (Wildman–Crippen MR) is 131 cm³/mol. The van der Waals surface area contributed by atoms with Crippen LogP contribution in [-0.2, 0) is 4.74 Å². The van der Waals surface area contributed by atoms with Crippen LogP contribution in [-0.4, -0.2) is 17.7 Å². The van der Waals surface area contributed by atoms with Gasteiger partial charge in [-0.1, -0.05) is 25.5 Å². The molecule has 8 heteroatoms. The molecule has 164 valence electrons.